The van der Waals surface area contributed by atoms with Crippen molar-refractivity contribution in [3.8, 4) is 0 Å². The zero-order chi connectivity index (χ0) is 19.7. The lowest BCUT2D eigenvalue weighted by Gasteiger charge is -2.39. The number of benzene rings is 2. The van der Waals surface area contributed by atoms with Gasteiger partial charge in [0.05, 0.1) is 11.0 Å². The van der Waals surface area contributed by atoms with Crippen molar-refractivity contribution in [2.24, 2.45) is 0 Å². The Balaban J connectivity index is 1.72. The molecule has 4 rings (SSSR count). The predicted octanol–water partition coefficient (Wildman–Crippen LogP) is 4.51. The molecule has 1 N–H and O–H groups in total. The van der Waals surface area contributed by atoms with E-state index in [9.17, 15) is 10.1 Å². The SMILES string of the molecule is Cc1ccccc1NC(=S)N1CCn2cccc2[C@H]1c1cccc([N+](=O)[O-])c1. The number of thiocarbonyl (C=S) groups is 1. The number of para-hydroxylation sites is 1. The van der Waals surface area contributed by atoms with Gasteiger partial charge in [0.1, 0.15) is 0 Å². The van der Waals surface area contributed by atoms with E-state index < -0.39 is 0 Å². The molecule has 142 valence electrons. The summed E-state index contributed by atoms with van der Waals surface area (Å²) in [5.74, 6) is 0. The Kier molecular flexibility index (Phi) is 4.83. The highest BCUT2D eigenvalue weighted by atomic mass is 32.1. The highest BCUT2D eigenvalue weighted by Crippen LogP contribution is 2.34. The molecule has 2 heterocycles. The summed E-state index contributed by atoms with van der Waals surface area (Å²) in [6.45, 7) is 3.56. The topological polar surface area (TPSA) is 63.3 Å². The Bertz CT molecular complexity index is 1050. The van der Waals surface area contributed by atoms with Gasteiger partial charge < -0.3 is 14.8 Å². The second-order valence-corrected chi connectivity index (χ2v) is 7.21. The molecule has 1 aliphatic heterocycles. The van der Waals surface area contributed by atoms with Crippen LogP contribution in [0.3, 0.4) is 0 Å². The van der Waals surface area contributed by atoms with Gasteiger partial charge in [0, 0.05) is 42.8 Å². The maximum atomic E-state index is 11.3. The number of nitrogens with zero attached hydrogens (tertiary/aromatic N) is 3. The van der Waals surface area contributed by atoms with Crippen LogP contribution >= 0.6 is 12.2 Å². The van der Waals surface area contributed by atoms with Crippen LogP contribution in [0.2, 0.25) is 0 Å². The molecule has 1 aromatic heterocycles. The summed E-state index contributed by atoms with van der Waals surface area (Å²) in [6, 6.07) is 18.6. The first-order valence-electron chi connectivity index (χ1n) is 9.07. The summed E-state index contributed by atoms with van der Waals surface area (Å²) in [6.07, 6.45) is 2.04. The Labute approximate surface area is 168 Å². The van der Waals surface area contributed by atoms with Crippen LogP contribution in [0.25, 0.3) is 0 Å². The lowest BCUT2D eigenvalue weighted by atomic mass is 10.00. The minimum absolute atomic E-state index is 0.0823. The number of fused-ring (bicyclic) bond motifs is 1. The van der Waals surface area contributed by atoms with Crippen LogP contribution in [0.4, 0.5) is 11.4 Å². The molecule has 0 fully saturated rings. The van der Waals surface area contributed by atoms with Crippen LogP contribution in [-0.2, 0) is 6.54 Å². The molecule has 7 heteroatoms. The molecule has 0 aliphatic carbocycles. The van der Waals surface area contributed by atoms with E-state index in [-0.39, 0.29) is 16.7 Å². The highest BCUT2D eigenvalue weighted by molar-refractivity contribution is 7.80. The van der Waals surface area contributed by atoms with Crippen molar-refractivity contribution in [2.75, 3.05) is 11.9 Å². The van der Waals surface area contributed by atoms with Gasteiger partial charge >= 0.3 is 0 Å². The van der Waals surface area contributed by atoms with Gasteiger partial charge in [0.25, 0.3) is 5.69 Å². The Hall–Kier alpha value is -3.19. The van der Waals surface area contributed by atoms with Gasteiger partial charge in [-0.25, -0.2) is 0 Å². The van der Waals surface area contributed by atoms with E-state index in [0.29, 0.717) is 11.7 Å². The minimum Gasteiger partial charge on any atom is -0.348 e. The number of aryl methyl sites for hydroxylation is 1. The van der Waals surface area contributed by atoms with Crippen molar-refractivity contribution in [3.63, 3.8) is 0 Å². The number of nitro groups is 1. The second-order valence-electron chi connectivity index (χ2n) is 6.82. The zero-order valence-electron chi connectivity index (χ0n) is 15.4. The molecule has 1 aliphatic rings. The fourth-order valence-corrected chi connectivity index (χ4v) is 3.97. The van der Waals surface area contributed by atoms with Crippen LogP contribution in [0.1, 0.15) is 22.9 Å². The Morgan fingerprint density at radius 3 is 2.75 bits per heavy atom. The normalized spacial score (nSPS) is 15.8. The van der Waals surface area contributed by atoms with Crippen molar-refractivity contribution in [1.29, 1.82) is 0 Å². The number of nitro benzene ring substituents is 1. The van der Waals surface area contributed by atoms with E-state index in [1.807, 2.05) is 55.6 Å². The lowest BCUT2D eigenvalue weighted by molar-refractivity contribution is -0.384. The van der Waals surface area contributed by atoms with E-state index in [2.05, 4.69) is 14.8 Å². The predicted molar refractivity (Wildman–Crippen MR) is 113 cm³/mol. The van der Waals surface area contributed by atoms with Crippen molar-refractivity contribution in [1.82, 2.24) is 9.47 Å². The van der Waals surface area contributed by atoms with Gasteiger partial charge in [-0.1, -0.05) is 30.3 Å². The first-order valence-corrected chi connectivity index (χ1v) is 9.48. The van der Waals surface area contributed by atoms with Crippen LogP contribution in [0, 0.1) is 17.0 Å². The molecule has 0 bridgehead atoms. The number of hydrogen-bond donors (Lipinski definition) is 1. The number of aromatic nitrogens is 1. The van der Waals surface area contributed by atoms with E-state index in [1.165, 1.54) is 6.07 Å². The number of nitrogens with one attached hydrogen (secondary N) is 1. The molecule has 1 atom stereocenters. The summed E-state index contributed by atoms with van der Waals surface area (Å²) in [5.41, 5.74) is 4.07. The van der Waals surface area contributed by atoms with Crippen molar-refractivity contribution >= 4 is 28.7 Å². The smallest absolute Gasteiger partial charge is 0.269 e. The van der Waals surface area contributed by atoms with E-state index in [1.54, 1.807) is 12.1 Å². The summed E-state index contributed by atoms with van der Waals surface area (Å²) < 4.78 is 2.18. The number of anilines is 1. The van der Waals surface area contributed by atoms with E-state index in [0.717, 1.165) is 29.1 Å². The molecular formula is C21H20N4O2S. The van der Waals surface area contributed by atoms with Crippen LogP contribution < -0.4 is 5.32 Å². The summed E-state index contributed by atoms with van der Waals surface area (Å²) in [7, 11) is 0. The van der Waals surface area contributed by atoms with E-state index in [4.69, 9.17) is 12.2 Å². The van der Waals surface area contributed by atoms with Crippen molar-refractivity contribution < 1.29 is 4.92 Å². The van der Waals surface area contributed by atoms with Gasteiger partial charge in [-0.15, -0.1) is 0 Å². The standard InChI is InChI=1S/C21H20N4O2S/c1-15-6-2-3-9-18(15)22-21(28)24-13-12-23-11-5-10-19(23)20(24)16-7-4-8-17(14-16)25(26)27/h2-11,14,20H,12-13H2,1H3,(H,22,28)/t20-/m1/s1. The lowest BCUT2D eigenvalue weighted by Crippen LogP contribution is -2.44. The van der Waals surface area contributed by atoms with Gasteiger partial charge in [-0.05, 0) is 48.5 Å². The second kappa shape index (κ2) is 7.44. The molecule has 2 aromatic carbocycles. The molecule has 0 saturated heterocycles. The average Bonchev–Trinajstić information content (AvgIpc) is 3.17. The highest BCUT2D eigenvalue weighted by Gasteiger charge is 2.31. The first kappa shape index (κ1) is 18.2. The number of rotatable bonds is 3. The third kappa shape index (κ3) is 3.36. The summed E-state index contributed by atoms with van der Waals surface area (Å²) >= 11 is 5.75. The molecule has 6 nitrogen and oxygen atoms in total. The third-order valence-corrected chi connectivity index (χ3v) is 5.42. The van der Waals surface area contributed by atoms with Crippen molar-refractivity contribution in [3.05, 3.63) is 93.8 Å². The van der Waals surface area contributed by atoms with Gasteiger partial charge in [0.2, 0.25) is 0 Å². The zero-order valence-corrected chi connectivity index (χ0v) is 16.2. The quantitative estimate of drug-likeness (QED) is 0.404. The molecular weight excluding hydrogens is 372 g/mol. The monoisotopic (exact) mass is 392 g/mol. The number of non-ortho nitro benzene ring substituents is 1. The van der Waals surface area contributed by atoms with Gasteiger partial charge in [-0.2, -0.15) is 0 Å². The molecule has 0 spiro atoms. The Morgan fingerprint density at radius 1 is 1.14 bits per heavy atom. The maximum absolute atomic E-state index is 11.3. The van der Waals surface area contributed by atoms with Crippen molar-refractivity contribution in [2.45, 2.75) is 19.5 Å². The van der Waals surface area contributed by atoms with Gasteiger partial charge in [-0.3, -0.25) is 10.1 Å². The number of hydrogen-bond acceptors (Lipinski definition) is 3. The first-order chi connectivity index (χ1) is 13.5. The third-order valence-electron chi connectivity index (χ3n) is 5.08. The molecule has 0 unspecified atom stereocenters. The molecule has 0 amide bonds. The molecule has 0 radical (unpaired) electrons. The van der Waals surface area contributed by atoms with Crippen LogP contribution in [0.15, 0.2) is 66.9 Å². The fraction of sp³-hybridized carbons (Fsp3) is 0.190. The van der Waals surface area contributed by atoms with E-state index >= 15 is 0 Å². The summed E-state index contributed by atoms with van der Waals surface area (Å²) in [4.78, 5) is 13.0. The maximum Gasteiger partial charge on any atom is 0.269 e. The van der Waals surface area contributed by atoms with Gasteiger partial charge in [0.15, 0.2) is 5.11 Å². The molecule has 3 aromatic rings. The fourth-order valence-electron chi connectivity index (χ4n) is 3.66. The molecule has 28 heavy (non-hydrogen) atoms. The molecule has 0 saturated carbocycles. The minimum atomic E-state index is -0.361. The largest absolute Gasteiger partial charge is 0.348 e. The van der Waals surface area contributed by atoms with Crippen LogP contribution in [-0.4, -0.2) is 26.0 Å². The summed E-state index contributed by atoms with van der Waals surface area (Å²) in [5, 5.41) is 15.2. The van der Waals surface area contributed by atoms with Crippen LogP contribution in [0.5, 0.6) is 0 Å². The Morgan fingerprint density at radius 2 is 1.96 bits per heavy atom. The average molecular weight is 392 g/mol.